The number of hydrogen-bond donors (Lipinski definition) is 2. The highest BCUT2D eigenvalue weighted by Crippen LogP contribution is 2.19. The van der Waals surface area contributed by atoms with Gasteiger partial charge < -0.3 is 15.8 Å². The van der Waals surface area contributed by atoms with Crippen LogP contribution >= 0.6 is 0 Å². The molecule has 0 spiro atoms. The third kappa shape index (κ3) is 6.00. The van der Waals surface area contributed by atoms with Crippen molar-refractivity contribution < 1.29 is 9.53 Å². The van der Waals surface area contributed by atoms with Crippen LogP contribution in [0.5, 0.6) is 0 Å². The summed E-state index contributed by atoms with van der Waals surface area (Å²) in [6.07, 6.45) is 0.832. The van der Waals surface area contributed by atoms with E-state index in [-0.39, 0.29) is 24.0 Å². The van der Waals surface area contributed by atoms with Crippen molar-refractivity contribution in [2.75, 3.05) is 13.2 Å². The highest BCUT2D eigenvalue weighted by Gasteiger charge is 2.21. The number of amides is 1. The van der Waals surface area contributed by atoms with Gasteiger partial charge in [0.25, 0.3) is 0 Å². The fourth-order valence-corrected chi connectivity index (χ4v) is 2.65. The van der Waals surface area contributed by atoms with E-state index in [2.05, 4.69) is 17.4 Å². The van der Waals surface area contributed by atoms with Crippen LogP contribution in [0.4, 0.5) is 0 Å². The summed E-state index contributed by atoms with van der Waals surface area (Å²) in [5.74, 6) is -0.293. The Labute approximate surface area is 150 Å². The lowest BCUT2D eigenvalue weighted by Gasteiger charge is -2.20. The maximum Gasteiger partial charge on any atom is 0.224 e. The molecular weight excluding hydrogens is 312 g/mol. The highest BCUT2D eigenvalue weighted by molar-refractivity contribution is 5.79. The fourth-order valence-electron chi connectivity index (χ4n) is 2.65. The van der Waals surface area contributed by atoms with Gasteiger partial charge in [0.15, 0.2) is 0 Å². The van der Waals surface area contributed by atoms with E-state index >= 15 is 0 Å². The van der Waals surface area contributed by atoms with Crippen molar-refractivity contribution in [3.63, 3.8) is 0 Å². The van der Waals surface area contributed by atoms with Crippen LogP contribution in [0.1, 0.15) is 43.5 Å². The predicted molar refractivity (Wildman–Crippen MR) is 101 cm³/mol. The van der Waals surface area contributed by atoms with Crippen LogP contribution in [0.25, 0.3) is 0 Å². The van der Waals surface area contributed by atoms with E-state index < -0.39 is 0 Å². The summed E-state index contributed by atoms with van der Waals surface area (Å²) in [6.45, 7) is 5.09. The number of benzene rings is 2. The monoisotopic (exact) mass is 340 g/mol. The Bertz CT molecular complexity index is 631. The van der Waals surface area contributed by atoms with Crippen molar-refractivity contribution in [1.29, 1.82) is 0 Å². The molecule has 3 N–H and O–H groups in total. The minimum Gasteiger partial charge on any atom is -0.374 e. The summed E-state index contributed by atoms with van der Waals surface area (Å²) in [7, 11) is 0. The molecule has 0 aliphatic heterocycles. The number of nitrogens with one attached hydrogen (secondary N) is 1. The molecule has 25 heavy (non-hydrogen) atoms. The number of hydrogen-bond acceptors (Lipinski definition) is 3. The molecule has 4 nitrogen and oxygen atoms in total. The second-order valence-corrected chi connectivity index (χ2v) is 6.29. The Kier molecular flexibility index (Phi) is 7.64. The van der Waals surface area contributed by atoms with Crippen LogP contribution in [-0.4, -0.2) is 19.1 Å². The van der Waals surface area contributed by atoms with Crippen LogP contribution < -0.4 is 11.1 Å². The van der Waals surface area contributed by atoms with E-state index in [4.69, 9.17) is 10.5 Å². The molecule has 1 amide bonds. The predicted octanol–water partition coefficient (Wildman–Crippen LogP) is 3.61. The van der Waals surface area contributed by atoms with Gasteiger partial charge in [0.05, 0.1) is 12.0 Å². The van der Waals surface area contributed by atoms with Gasteiger partial charge in [0.1, 0.15) is 0 Å². The van der Waals surface area contributed by atoms with Gasteiger partial charge in [0, 0.05) is 19.2 Å². The van der Waals surface area contributed by atoms with Gasteiger partial charge in [-0.05, 0) is 24.5 Å². The van der Waals surface area contributed by atoms with E-state index in [1.165, 1.54) is 0 Å². The summed E-state index contributed by atoms with van der Waals surface area (Å²) in [5.41, 5.74) is 8.33. The molecule has 2 aromatic carbocycles. The second-order valence-electron chi connectivity index (χ2n) is 6.29. The molecule has 0 aliphatic carbocycles. The van der Waals surface area contributed by atoms with Crippen molar-refractivity contribution in [2.24, 2.45) is 11.7 Å². The van der Waals surface area contributed by atoms with Gasteiger partial charge >= 0.3 is 0 Å². The van der Waals surface area contributed by atoms with Gasteiger partial charge in [-0.1, -0.05) is 67.6 Å². The minimum absolute atomic E-state index is 0.0209. The molecular formula is C21H28N2O2. The molecule has 2 rings (SSSR count). The summed E-state index contributed by atoms with van der Waals surface area (Å²) in [4.78, 5) is 12.2. The third-order valence-corrected chi connectivity index (χ3v) is 4.39. The Hall–Kier alpha value is -2.17. The number of ether oxygens (including phenoxy) is 1. The van der Waals surface area contributed by atoms with E-state index in [1.807, 2.05) is 62.4 Å². The molecule has 0 heterocycles. The Morgan fingerprint density at radius 1 is 1.00 bits per heavy atom. The molecule has 0 saturated heterocycles. The van der Waals surface area contributed by atoms with Crippen molar-refractivity contribution in [2.45, 2.75) is 32.4 Å². The standard InChI is InChI=1S/C21H28N2O2/c1-16(20(22)19-12-7-4-8-13-19)21(24)23-14-9-15-25-17(2)18-10-5-3-6-11-18/h3-8,10-13,16-17,20H,9,14-15,22H2,1-2H3,(H,23,24). The zero-order chi connectivity index (χ0) is 18.1. The molecule has 0 saturated carbocycles. The van der Waals surface area contributed by atoms with E-state index in [1.54, 1.807) is 0 Å². The first-order chi connectivity index (χ1) is 12.1. The maximum absolute atomic E-state index is 12.2. The number of carbonyl (C=O) groups is 1. The molecule has 4 heteroatoms. The average molecular weight is 340 g/mol. The van der Waals surface area contributed by atoms with E-state index in [0.29, 0.717) is 13.2 Å². The van der Waals surface area contributed by atoms with Gasteiger partial charge in [0.2, 0.25) is 5.91 Å². The topological polar surface area (TPSA) is 64.3 Å². The number of carbonyl (C=O) groups excluding carboxylic acids is 1. The molecule has 0 radical (unpaired) electrons. The Morgan fingerprint density at radius 2 is 1.56 bits per heavy atom. The summed E-state index contributed by atoms with van der Waals surface area (Å²) in [5, 5.41) is 2.95. The Balaban J connectivity index is 1.66. The fraction of sp³-hybridized carbons (Fsp3) is 0.381. The quantitative estimate of drug-likeness (QED) is 0.686. The zero-order valence-corrected chi connectivity index (χ0v) is 15.0. The Morgan fingerprint density at radius 3 is 2.16 bits per heavy atom. The molecule has 0 aliphatic rings. The van der Waals surface area contributed by atoms with Crippen LogP contribution in [-0.2, 0) is 9.53 Å². The molecule has 3 atom stereocenters. The van der Waals surface area contributed by atoms with Crippen LogP contribution in [0, 0.1) is 5.92 Å². The van der Waals surface area contributed by atoms with Crippen molar-refractivity contribution in [3.8, 4) is 0 Å². The van der Waals surface area contributed by atoms with Gasteiger partial charge in [-0.15, -0.1) is 0 Å². The first-order valence-electron chi connectivity index (χ1n) is 8.84. The van der Waals surface area contributed by atoms with Crippen molar-refractivity contribution >= 4 is 5.91 Å². The van der Waals surface area contributed by atoms with Crippen LogP contribution in [0.15, 0.2) is 60.7 Å². The summed E-state index contributed by atoms with van der Waals surface area (Å²) >= 11 is 0. The first-order valence-corrected chi connectivity index (χ1v) is 8.84. The first kappa shape index (κ1) is 19.2. The van der Waals surface area contributed by atoms with Crippen molar-refractivity contribution in [3.05, 3.63) is 71.8 Å². The van der Waals surface area contributed by atoms with Crippen LogP contribution in [0.2, 0.25) is 0 Å². The molecule has 0 bridgehead atoms. The van der Waals surface area contributed by atoms with Crippen LogP contribution in [0.3, 0.4) is 0 Å². The lowest BCUT2D eigenvalue weighted by molar-refractivity contribution is -0.125. The van der Waals surface area contributed by atoms with E-state index in [0.717, 1.165) is 17.5 Å². The SMILES string of the molecule is CC(OCCCNC(=O)C(C)C(N)c1ccccc1)c1ccccc1. The average Bonchev–Trinajstić information content (AvgIpc) is 2.67. The lowest BCUT2D eigenvalue weighted by Crippen LogP contribution is -2.36. The van der Waals surface area contributed by atoms with Crippen molar-refractivity contribution in [1.82, 2.24) is 5.32 Å². The zero-order valence-electron chi connectivity index (χ0n) is 15.0. The highest BCUT2D eigenvalue weighted by atomic mass is 16.5. The summed E-state index contributed by atoms with van der Waals surface area (Å²) in [6, 6.07) is 19.5. The minimum atomic E-state index is -0.296. The number of rotatable bonds is 9. The van der Waals surface area contributed by atoms with Gasteiger partial charge in [-0.2, -0.15) is 0 Å². The third-order valence-electron chi connectivity index (χ3n) is 4.39. The molecule has 0 fully saturated rings. The number of nitrogens with two attached hydrogens (primary N) is 1. The van der Waals surface area contributed by atoms with Gasteiger partial charge in [-0.25, -0.2) is 0 Å². The molecule has 134 valence electrons. The lowest BCUT2D eigenvalue weighted by atomic mass is 9.95. The molecule has 3 unspecified atom stereocenters. The largest absolute Gasteiger partial charge is 0.374 e. The van der Waals surface area contributed by atoms with E-state index in [9.17, 15) is 4.79 Å². The molecule has 0 aromatic heterocycles. The maximum atomic E-state index is 12.2. The summed E-state index contributed by atoms with van der Waals surface area (Å²) < 4.78 is 5.81. The smallest absolute Gasteiger partial charge is 0.224 e. The molecule has 2 aromatic rings. The normalized spacial score (nSPS) is 14.5. The van der Waals surface area contributed by atoms with Gasteiger partial charge in [-0.3, -0.25) is 4.79 Å². The second kappa shape index (κ2) is 9.97.